The maximum absolute atomic E-state index is 10.7. The molecule has 0 radical (unpaired) electrons. The van der Waals surface area contributed by atoms with Crippen molar-refractivity contribution in [2.75, 3.05) is 19.0 Å². The van der Waals surface area contributed by atoms with Crippen LogP contribution in [0.1, 0.15) is 27.2 Å². The zero-order valence-electron chi connectivity index (χ0n) is 8.50. The van der Waals surface area contributed by atoms with Gasteiger partial charge in [0.1, 0.15) is 4.75 Å². The number of rotatable bonds is 7. The average molecular weight is 206 g/mol. The summed E-state index contributed by atoms with van der Waals surface area (Å²) in [5, 5.41) is 8.79. The fourth-order valence-electron chi connectivity index (χ4n) is 0.694. The third kappa shape index (κ3) is 5.93. The predicted octanol–water partition coefficient (Wildman–Crippen LogP) is 2.01. The van der Waals surface area contributed by atoms with E-state index in [1.54, 1.807) is 13.8 Å². The lowest BCUT2D eigenvalue weighted by Gasteiger charge is -2.17. The van der Waals surface area contributed by atoms with E-state index in [-0.39, 0.29) is 0 Å². The Morgan fingerprint density at radius 1 is 1.54 bits per heavy atom. The molecule has 0 amide bonds. The summed E-state index contributed by atoms with van der Waals surface area (Å²) < 4.78 is 4.47. The standard InChI is InChI=1S/C9H18O3S/c1-4-12-6-5-7-13-9(2,3)8(10)11/h4-7H2,1-3H3,(H,10,11). The van der Waals surface area contributed by atoms with Gasteiger partial charge in [0.15, 0.2) is 0 Å². The Morgan fingerprint density at radius 2 is 2.15 bits per heavy atom. The summed E-state index contributed by atoms with van der Waals surface area (Å²) in [6.45, 7) is 6.85. The van der Waals surface area contributed by atoms with Gasteiger partial charge in [-0.2, -0.15) is 0 Å². The van der Waals surface area contributed by atoms with Gasteiger partial charge in [0, 0.05) is 13.2 Å². The topological polar surface area (TPSA) is 46.5 Å². The molecule has 1 N–H and O–H groups in total. The minimum absolute atomic E-state index is 0.674. The summed E-state index contributed by atoms with van der Waals surface area (Å²) in [6, 6.07) is 0. The van der Waals surface area contributed by atoms with Crippen LogP contribution in [-0.4, -0.2) is 34.8 Å². The number of hydrogen-bond acceptors (Lipinski definition) is 3. The number of carboxylic acid groups (broad SMARTS) is 1. The largest absolute Gasteiger partial charge is 0.480 e. The predicted molar refractivity (Wildman–Crippen MR) is 55.3 cm³/mol. The van der Waals surface area contributed by atoms with Crippen molar-refractivity contribution in [1.29, 1.82) is 0 Å². The fraction of sp³-hybridized carbons (Fsp3) is 0.889. The zero-order valence-corrected chi connectivity index (χ0v) is 9.32. The maximum Gasteiger partial charge on any atom is 0.319 e. The van der Waals surface area contributed by atoms with Crippen molar-refractivity contribution in [2.24, 2.45) is 0 Å². The van der Waals surface area contributed by atoms with Crippen LogP contribution in [0.3, 0.4) is 0 Å². The molecule has 13 heavy (non-hydrogen) atoms. The molecule has 0 saturated heterocycles. The molecule has 0 aromatic heterocycles. The molecule has 0 saturated carbocycles. The Balaban J connectivity index is 3.46. The third-order valence-corrected chi connectivity index (χ3v) is 3.00. The van der Waals surface area contributed by atoms with Crippen molar-refractivity contribution in [3.8, 4) is 0 Å². The first-order valence-electron chi connectivity index (χ1n) is 4.45. The van der Waals surface area contributed by atoms with Crippen molar-refractivity contribution in [1.82, 2.24) is 0 Å². The number of carbonyl (C=O) groups is 1. The van der Waals surface area contributed by atoms with Gasteiger partial charge in [-0.25, -0.2) is 0 Å². The number of aliphatic carboxylic acids is 1. The SMILES string of the molecule is CCOCCCSC(C)(C)C(=O)O. The molecule has 0 bridgehead atoms. The van der Waals surface area contributed by atoms with Crippen molar-refractivity contribution in [3.63, 3.8) is 0 Å². The van der Waals surface area contributed by atoms with Crippen LogP contribution in [0.15, 0.2) is 0 Å². The molecule has 0 fully saturated rings. The summed E-state index contributed by atoms with van der Waals surface area (Å²) in [7, 11) is 0. The summed E-state index contributed by atoms with van der Waals surface area (Å²) in [4.78, 5) is 10.7. The van der Waals surface area contributed by atoms with Gasteiger partial charge < -0.3 is 9.84 Å². The van der Waals surface area contributed by atoms with Crippen LogP contribution in [0.4, 0.5) is 0 Å². The number of ether oxygens (including phenoxy) is 1. The minimum atomic E-state index is -0.756. The molecule has 0 aliphatic heterocycles. The van der Waals surface area contributed by atoms with Crippen LogP contribution in [0.5, 0.6) is 0 Å². The van der Waals surface area contributed by atoms with Crippen LogP contribution in [0.25, 0.3) is 0 Å². The molecule has 0 spiro atoms. The molecule has 3 nitrogen and oxygen atoms in total. The zero-order chi connectivity index (χ0) is 10.3. The summed E-state index contributed by atoms with van der Waals surface area (Å²) in [5.74, 6) is 0.0770. The lowest BCUT2D eigenvalue weighted by molar-refractivity contribution is -0.138. The van der Waals surface area contributed by atoms with E-state index in [4.69, 9.17) is 9.84 Å². The summed E-state index contributed by atoms with van der Waals surface area (Å²) in [5.41, 5.74) is 0. The minimum Gasteiger partial charge on any atom is -0.480 e. The molecule has 0 aromatic rings. The maximum atomic E-state index is 10.7. The molecular formula is C9H18O3S. The van der Waals surface area contributed by atoms with Gasteiger partial charge >= 0.3 is 5.97 Å². The summed E-state index contributed by atoms with van der Waals surface area (Å²) in [6.07, 6.45) is 0.912. The molecule has 0 aromatic carbocycles. The van der Waals surface area contributed by atoms with Gasteiger partial charge in [-0.15, -0.1) is 11.8 Å². The highest BCUT2D eigenvalue weighted by Crippen LogP contribution is 2.24. The van der Waals surface area contributed by atoms with E-state index >= 15 is 0 Å². The molecule has 0 atom stereocenters. The summed E-state index contributed by atoms with van der Waals surface area (Å²) >= 11 is 1.46. The Labute approximate surface area is 83.9 Å². The van der Waals surface area contributed by atoms with Crippen LogP contribution in [0.2, 0.25) is 0 Å². The fourth-order valence-corrected chi connectivity index (χ4v) is 1.59. The molecule has 0 rings (SSSR count). The average Bonchev–Trinajstić information content (AvgIpc) is 2.03. The van der Waals surface area contributed by atoms with E-state index in [1.807, 2.05) is 6.92 Å². The molecule has 78 valence electrons. The molecule has 0 heterocycles. The van der Waals surface area contributed by atoms with Gasteiger partial charge in [-0.3, -0.25) is 4.79 Å². The highest BCUT2D eigenvalue weighted by molar-refractivity contribution is 8.01. The monoisotopic (exact) mass is 206 g/mol. The van der Waals surface area contributed by atoms with Gasteiger partial charge in [-0.05, 0) is 32.9 Å². The third-order valence-electron chi connectivity index (χ3n) is 1.62. The van der Waals surface area contributed by atoms with Crippen LogP contribution < -0.4 is 0 Å². The Hall–Kier alpha value is -0.220. The highest BCUT2D eigenvalue weighted by atomic mass is 32.2. The quantitative estimate of drug-likeness (QED) is 0.647. The lowest BCUT2D eigenvalue weighted by Crippen LogP contribution is -2.27. The Kier molecular flexibility index (Phi) is 6.16. The number of carboxylic acids is 1. The van der Waals surface area contributed by atoms with E-state index in [2.05, 4.69) is 0 Å². The molecular weight excluding hydrogens is 188 g/mol. The van der Waals surface area contributed by atoms with E-state index in [9.17, 15) is 4.79 Å². The van der Waals surface area contributed by atoms with Crippen LogP contribution in [-0.2, 0) is 9.53 Å². The van der Waals surface area contributed by atoms with Crippen molar-refractivity contribution >= 4 is 17.7 Å². The normalized spacial score (nSPS) is 11.6. The number of thioether (sulfide) groups is 1. The van der Waals surface area contributed by atoms with E-state index in [1.165, 1.54) is 11.8 Å². The second-order valence-electron chi connectivity index (χ2n) is 3.21. The van der Waals surface area contributed by atoms with Gasteiger partial charge in [0.25, 0.3) is 0 Å². The Bertz CT molecular complexity index is 157. The van der Waals surface area contributed by atoms with Crippen molar-refractivity contribution < 1.29 is 14.6 Å². The highest BCUT2D eigenvalue weighted by Gasteiger charge is 2.26. The van der Waals surface area contributed by atoms with Crippen molar-refractivity contribution in [2.45, 2.75) is 31.9 Å². The van der Waals surface area contributed by atoms with E-state index < -0.39 is 10.7 Å². The van der Waals surface area contributed by atoms with Gasteiger partial charge in [0.05, 0.1) is 0 Å². The Morgan fingerprint density at radius 3 is 2.62 bits per heavy atom. The second kappa shape index (κ2) is 6.27. The molecule has 0 aliphatic rings. The second-order valence-corrected chi connectivity index (χ2v) is 4.93. The number of hydrogen-bond donors (Lipinski definition) is 1. The molecule has 0 aliphatic carbocycles. The smallest absolute Gasteiger partial charge is 0.319 e. The molecule has 4 heteroatoms. The van der Waals surface area contributed by atoms with Crippen molar-refractivity contribution in [3.05, 3.63) is 0 Å². The lowest BCUT2D eigenvalue weighted by atomic mass is 10.2. The van der Waals surface area contributed by atoms with Crippen LogP contribution in [0, 0.1) is 0 Å². The van der Waals surface area contributed by atoms with Gasteiger partial charge in [-0.1, -0.05) is 0 Å². The first-order valence-corrected chi connectivity index (χ1v) is 5.44. The van der Waals surface area contributed by atoms with E-state index in [0.29, 0.717) is 0 Å². The van der Waals surface area contributed by atoms with Crippen LogP contribution >= 0.6 is 11.8 Å². The van der Waals surface area contributed by atoms with Gasteiger partial charge in [0.2, 0.25) is 0 Å². The molecule has 0 unspecified atom stereocenters. The van der Waals surface area contributed by atoms with E-state index in [0.717, 1.165) is 25.4 Å². The first-order chi connectivity index (χ1) is 6.00. The first kappa shape index (κ1) is 12.8.